The van der Waals surface area contributed by atoms with Crippen LogP contribution in [0.5, 0.6) is 0 Å². The van der Waals surface area contributed by atoms with E-state index < -0.39 is 5.60 Å². The Kier molecular flexibility index (Phi) is 4.53. The van der Waals surface area contributed by atoms with E-state index in [1.165, 1.54) is 0 Å². The van der Waals surface area contributed by atoms with Crippen molar-refractivity contribution in [1.82, 2.24) is 4.90 Å². The minimum atomic E-state index is -0.627. The zero-order valence-corrected chi connectivity index (χ0v) is 12.4. The third-order valence-electron chi connectivity index (χ3n) is 3.69. The van der Waals surface area contributed by atoms with Gasteiger partial charge in [-0.1, -0.05) is 0 Å². The summed E-state index contributed by atoms with van der Waals surface area (Å²) in [5.41, 5.74) is 0.108. The Morgan fingerprint density at radius 2 is 1.95 bits per heavy atom. The van der Waals surface area contributed by atoms with Crippen molar-refractivity contribution >= 4 is 17.7 Å². The van der Waals surface area contributed by atoms with Crippen molar-refractivity contribution in [2.24, 2.45) is 0 Å². The van der Waals surface area contributed by atoms with Crippen molar-refractivity contribution in [2.75, 3.05) is 19.3 Å². The first-order valence-corrected chi connectivity index (χ1v) is 7.90. The maximum absolute atomic E-state index is 12.4. The zero-order chi connectivity index (χ0) is 13.9. The van der Waals surface area contributed by atoms with Gasteiger partial charge in [0.25, 0.3) is 5.91 Å². The van der Waals surface area contributed by atoms with Crippen molar-refractivity contribution in [3.05, 3.63) is 29.8 Å². The van der Waals surface area contributed by atoms with Gasteiger partial charge in [0, 0.05) is 23.5 Å². The number of amides is 1. The predicted molar refractivity (Wildman–Crippen MR) is 78.6 cm³/mol. The monoisotopic (exact) mass is 279 g/mol. The molecule has 1 aromatic rings. The van der Waals surface area contributed by atoms with Gasteiger partial charge in [-0.05, 0) is 56.7 Å². The number of likely N-dealkylation sites (tertiary alicyclic amines) is 1. The topological polar surface area (TPSA) is 40.5 Å². The number of carbonyl (C=O) groups excluding carboxylic acids is 1. The number of thioether (sulfide) groups is 1. The lowest BCUT2D eigenvalue weighted by molar-refractivity contribution is 0.0438. The van der Waals surface area contributed by atoms with Gasteiger partial charge in [0.05, 0.1) is 5.60 Å². The Morgan fingerprint density at radius 1 is 1.26 bits per heavy atom. The molecule has 4 heteroatoms. The molecule has 3 nitrogen and oxygen atoms in total. The van der Waals surface area contributed by atoms with E-state index >= 15 is 0 Å². The lowest BCUT2D eigenvalue weighted by Gasteiger charge is -2.22. The molecule has 0 bridgehead atoms. The minimum Gasteiger partial charge on any atom is -0.390 e. The van der Waals surface area contributed by atoms with Gasteiger partial charge in [0.15, 0.2) is 0 Å². The van der Waals surface area contributed by atoms with Gasteiger partial charge >= 0.3 is 0 Å². The number of hydrogen-bond acceptors (Lipinski definition) is 3. The van der Waals surface area contributed by atoms with Crippen LogP contribution in [-0.2, 0) is 0 Å². The number of hydrogen-bond donors (Lipinski definition) is 1. The van der Waals surface area contributed by atoms with E-state index in [9.17, 15) is 9.90 Å². The summed E-state index contributed by atoms with van der Waals surface area (Å²) < 4.78 is 0. The van der Waals surface area contributed by atoms with Crippen LogP contribution >= 0.6 is 11.8 Å². The lowest BCUT2D eigenvalue weighted by Crippen LogP contribution is -2.33. The highest BCUT2D eigenvalue weighted by Gasteiger charge is 2.27. The molecule has 1 saturated heterocycles. The van der Waals surface area contributed by atoms with Gasteiger partial charge in [-0.25, -0.2) is 0 Å². The van der Waals surface area contributed by atoms with Gasteiger partial charge in [-0.3, -0.25) is 4.79 Å². The molecule has 0 spiro atoms. The quantitative estimate of drug-likeness (QED) is 0.846. The van der Waals surface area contributed by atoms with Gasteiger partial charge < -0.3 is 10.0 Å². The van der Waals surface area contributed by atoms with Crippen LogP contribution in [0.2, 0.25) is 0 Å². The molecule has 0 radical (unpaired) electrons. The van der Waals surface area contributed by atoms with Crippen LogP contribution in [0.4, 0.5) is 0 Å². The number of carbonyl (C=O) groups is 1. The highest BCUT2D eigenvalue weighted by atomic mass is 32.2. The number of benzene rings is 1. The van der Waals surface area contributed by atoms with E-state index in [1.807, 2.05) is 42.3 Å². The summed E-state index contributed by atoms with van der Waals surface area (Å²) in [5, 5.41) is 10.1. The zero-order valence-electron chi connectivity index (χ0n) is 11.6. The van der Waals surface area contributed by atoms with Gasteiger partial charge in [-0.2, -0.15) is 0 Å². The molecule has 1 aromatic carbocycles. The lowest BCUT2D eigenvalue weighted by atomic mass is 9.98. The number of nitrogens with zero attached hydrogens (tertiary/aromatic N) is 1. The summed E-state index contributed by atoms with van der Waals surface area (Å²) in [6, 6.07) is 7.73. The van der Waals surface area contributed by atoms with Crippen molar-refractivity contribution in [1.29, 1.82) is 0 Å². The molecule has 1 unspecified atom stereocenters. The second-order valence-electron chi connectivity index (χ2n) is 5.37. The fourth-order valence-corrected chi connectivity index (χ4v) is 2.79. The average molecular weight is 279 g/mol. The summed E-state index contributed by atoms with van der Waals surface area (Å²) in [5.74, 6) is 0.0744. The molecule has 19 heavy (non-hydrogen) atoms. The molecule has 0 aromatic heterocycles. The highest BCUT2D eigenvalue weighted by Crippen LogP contribution is 2.23. The molecule has 1 atom stereocenters. The molecular formula is C15H21NO2S. The molecule has 1 fully saturated rings. The standard InChI is InChI=1S/C15H21NO2S/c1-15(18)8-3-10-16(11-9-15)14(17)12-4-6-13(19-2)7-5-12/h4-7,18H,3,8-11H2,1-2H3. The fraction of sp³-hybridized carbons (Fsp3) is 0.533. The Morgan fingerprint density at radius 3 is 2.58 bits per heavy atom. The van der Waals surface area contributed by atoms with Crippen molar-refractivity contribution in [2.45, 2.75) is 36.7 Å². The summed E-state index contributed by atoms with van der Waals surface area (Å²) in [4.78, 5) is 15.4. The Bertz CT molecular complexity index is 442. The third kappa shape index (κ3) is 3.74. The van der Waals surface area contributed by atoms with Crippen LogP contribution < -0.4 is 0 Å². The number of aliphatic hydroxyl groups is 1. The van der Waals surface area contributed by atoms with Crippen LogP contribution in [-0.4, -0.2) is 40.9 Å². The summed E-state index contributed by atoms with van der Waals surface area (Å²) in [6.45, 7) is 3.23. The summed E-state index contributed by atoms with van der Waals surface area (Å²) >= 11 is 1.67. The van der Waals surface area contributed by atoms with Crippen molar-refractivity contribution in [3.8, 4) is 0 Å². The molecule has 1 amide bonds. The predicted octanol–water partition coefficient (Wildman–Crippen LogP) is 2.79. The van der Waals surface area contributed by atoms with Crippen LogP contribution in [0, 0.1) is 0 Å². The first-order valence-electron chi connectivity index (χ1n) is 6.67. The second-order valence-corrected chi connectivity index (χ2v) is 6.25. The second kappa shape index (κ2) is 5.97. The smallest absolute Gasteiger partial charge is 0.253 e. The average Bonchev–Trinajstić information content (AvgIpc) is 2.59. The SMILES string of the molecule is CSc1ccc(C(=O)N2CCCC(C)(O)CC2)cc1. The Labute approximate surface area is 119 Å². The molecule has 1 aliphatic heterocycles. The molecule has 0 aliphatic carbocycles. The summed E-state index contributed by atoms with van der Waals surface area (Å²) in [6.07, 6.45) is 4.30. The highest BCUT2D eigenvalue weighted by molar-refractivity contribution is 7.98. The van der Waals surface area contributed by atoms with Crippen LogP contribution in [0.1, 0.15) is 36.5 Å². The molecule has 2 rings (SSSR count). The molecule has 1 N–H and O–H groups in total. The Hall–Kier alpha value is -1.00. The van der Waals surface area contributed by atoms with Crippen LogP contribution in [0.15, 0.2) is 29.2 Å². The normalized spacial score (nSPS) is 24.1. The molecular weight excluding hydrogens is 258 g/mol. The van der Waals surface area contributed by atoms with Crippen LogP contribution in [0.3, 0.4) is 0 Å². The van der Waals surface area contributed by atoms with E-state index in [1.54, 1.807) is 11.8 Å². The first-order chi connectivity index (χ1) is 9.02. The van der Waals surface area contributed by atoms with Crippen molar-refractivity contribution < 1.29 is 9.90 Å². The third-order valence-corrected chi connectivity index (χ3v) is 4.43. The van der Waals surface area contributed by atoms with Gasteiger partial charge in [0.1, 0.15) is 0 Å². The van der Waals surface area contributed by atoms with Gasteiger partial charge in [0.2, 0.25) is 0 Å². The molecule has 1 aliphatic rings. The first kappa shape index (κ1) is 14.4. The van der Waals surface area contributed by atoms with E-state index in [0.717, 1.165) is 29.8 Å². The fourth-order valence-electron chi connectivity index (χ4n) is 2.38. The van der Waals surface area contributed by atoms with E-state index in [0.29, 0.717) is 13.0 Å². The van der Waals surface area contributed by atoms with E-state index in [4.69, 9.17) is 0 Å². The minimum absolute atomic E-state index is 0.0744. The Balaban J connectivity index is 2.06. The van der Waals surface area contributed by atoms with Crippen LogP contribution in [0.25, 0.3) is 0 Å². The van der Waals surface area contributed by atoms with E-state index in [2.05, 4.69) is 0 Å². The summed E-state index contributed by atoms with van der Waals surface area (Å²) in [7, 11) is 0. The van der Waals surface area contributed by atoms with Gasteiger partial charge in [-0.15, -0.1) is 11.8 Å². The number of rotatable bonds is 2. The van der Waals surface area contributed by atoms with Crippen molar-refractivity contribution in [3.63, 3.8) is 0 Å². The largest absolute Gasteiger partial charge is 0.390 e. The van der Waals surface area contributed by atoms with E-state index in [-0.39, 0.29) is 5.91 Å². The molecule has 104 valence electrons. The molecule has 0 saturated carbocycles. The molecule has 1 heterocycles. The maximum Gasteiger partial charge on any atom is 0.253 e. The maximum atomic E-state index is 12.4.